The zero-order valence-electron chi connectivity index (χ0n) is 10.4. The Hall–Kier alpha value is -0.180. The summed E-state index contributed by atoms with van der Waals surface area (Å²) in [6, 6.07) is 4.72. The monoisotopic (exact) mass is 367 g/mol. The topological polar surface area (TPSA) is 52.6 Å². The molecule has 1 heterocycles. The van der Waals surface area contributed by atoms with Crippen LogP contribution in [0, 0.1) is 0 Å². The predicted octanol–water partition coefficient (Wildman–Crippen LogP) is 1.54. The number of halogens is 2. The van der Waals surface area contributed by atoms with Gasteiger partial charge in [0, 0.05) is 30.7 Å². The molecule has 0 aromatic heterocycles. The molecule has 0 atom stereocenters. The fourth-order valence-corrected chi connectivity index (χ4v) is 3.97. The third-order valence-electron chi connectivity index (χ3n) is 2.94. The fourth-order valence-electron chi connectivity index (χ4n) is 1.81. The Balaban J connectivity index is 2.14. The normalized spacial score (nSPS) is 18.7. The summed E-state index contributed by atoms with van der Waals surface area (Å²) in [5.74, 6) is 0. The summed E-state index contributed by atoms with van der Waals surface area (Å²) in [7, 11) is -1.61. The van der Waals surface area contributed by atoms with Gasteiger partial charge in [-0.25, -0.2) is 13.4 Å². The zero-order valence-corrected chi connectivity index (χ0v) is 13.6. The van der Waals surface area contributed by atoms with Crippen molar-refractivity contribution in [2.24, 2.45) is 0 Å². The molecule has 0 radical (unpaired) electrons. The van der Waals surface area contributed by atoms with Gasteiger partial charge in [-0.1, -0.05) is 27.5 Å². The first kappa shape index (κ1) is 15.2. The van der Waals surface area contributed by atoms with E-state index in [1.54, 1.807) is 17.1 Å². The van der Waals surface area contributed by atoms with Gasteiger partial charge in [-0.3, -0.25) is 0 Å². The maximum absolute atomic E-state index is 12.2. The van der Waals surface area contributed by atoms with Crippen LogP contribution in [-0.2, 0) is 10.0 Å². The molecule has 1 aliphatic rings. The van der Waals surface area contributed by atoms with E-state index in [9.17, 15) is 8.42 Å². The van der Waals surface area contributed by atoms with Gasteiger partial charge >= 0.3 is 0 Å². The van der Waals surface area contributed by atoms with Crippen LogP contribution in [0.15, 0.2) is 27.6 Å². The van der Waals surface area contributed by atoms with Crippen LogP contribution in [0.2, 0.25) is 5.02 Å². The molecular formula is C11H15BrClN3O2S. The second-order valence-electron chi connectivity index (χ2n) is 4.46. The van der Waals surface area contributed by atoms with Gasteiger partial charge in [-0.05, 0) is 25.2 Å². The smallest absolute Gasteiger partial charge is 0.254 e. The molecule has 19 heavy (non-hydrogen) atoms. The van der Waals surface area contributed by atoms with E-state index in [0.29, 0.717) is 13.1 Å². The summed E-state index contributed by atoms with van der Waals surface area (Å²) in [4.78, 5) is 4.82. The number of rotatable bonds is 3. The Morgan fingerprint density at radius 3 is 2.47 bits per heavy atom. The lowest BCUT2D eigenvalue weighted by atomic mass is 10.4. The molecule has 0 amide bonds. The van der Waals surface area contributed by atoms with Gasteiger partial charge in [0.05, 0.1) is 5.02 Å². The fraction of sp³-hybridized carbons (Fsp3) is 0.455. The van der Waals surface area contributed by atoms with E-state index in [-0.39, 0.29) is 9.92 Å². The number of benzene rings is 1. The molecule has 2 rings (SSSR count). The number of sulfonamides is 1. The lowest BCUT2D eigenvalue weighted by Gasteiger charge is -2.32. The van der Waals surface area contributed by atoms with E-state index in [0.717, 1.165) is 17.6 Å². The molecule has 1 N–H and O–H groups in total. The summed E-state index contributed by atoms with van der Waals surface area (Å²) in [5.41, 5.74) is 0. The Bertz CT molecular complexity index is 559. The first-order valence-corrected chi connectivity index (χ1v) is 8.45. The Morgan fingerprint density at radius 1 is 1.26 bits per heavy atom. The van der Waals surface area contributed by atoms with Crippen molar-refractivity contribution in [1.82, 2.24) is 14.7 Å². The van der Waals surface area contributed by atoms with Crippen molar-refractivity contribution < 1.29 is 8.42 Å². The molecule has 1 aliphatic heterocycles. The summed E-state index contributed by atoms with van der Waals surface area (Å²) >= 11 is 9.23. The van der Waals surface area contributed by atoms with Crippen LogP contribution in [0.3, 0.4) is 0 Å². The van der Waals surface area contributed by atoms with Crippen LogP contribution < -0.4 is 4.83 Å². The van der Waals surface area contributed by atoms with Crippen LogP contribution in [0.1, 0.15) is 0 Å². The molecule has 0 bridgehead atoms. The van der Waals surface area contributed by atoms with E-state index in [2.05, 4.69) is 25.7 Å². The van der Waals surface area contributed by atoms with Gasteiger partial charge < -0.3 is 4.90 Å². The first-order valence-electron chi connectivity index (χ1n) is 5.79. The van der Waals surface area contributed by atoms with Crippen LogP contribution in [-0.4, -0.2) is 51.6 Å². The molecule has 1 aromatic carbocycles. The minimum atomic E-state index is -3.62. The maximum Gasteiger partial charge on any atom is 0.254 e. The van der Waals surface area contributed by atoms with E-state index >= 15 is 0 Å². The maximum atomic E-state index is 12.2. The second-order valence-corrected chi connectivity index (χ2v) is 7.41. The van der Waals surface area contributed by atoms with Gasteiger partial charge in [0.25, 0.3) is 10.0 Å². The highest BCUT2D eigenvalue weighted by molar-refractivity contribution is 9.10. The predicted molar refractivity (Wildman–Crippen MR) is 78.5 cm³/mol. The van der Waals surface area contributed by atoms with E-state index in [4.69, 9.17) is 11.6 Å². The number of likely N-dealkylation sites (N-methyl/N-ethyl adjacent to an activating group) is 1. The number of nitrogens with one attached hydrogen (secondary N) is 1. The van der Waals surface area contributed by atoms with Crippen molar-refractivity contribution in [1.29, 1.82) is 0 Å². The van der Waals surface area contributed by atoms with E-state index in [1.165, 1.54) is 6.07 Å². The van der Waals surface area contributed by atoms with Crippen molar-refractivity contribution in [2.75, 3.05) is 33.2 Å². The highest BCUT2D eigenvalue weighted by Crippen LogP contribution is 2.25. The molecule has 0 saturated carbocycles. The summed E-state index contributed by atoms with van der Waals surface area (Å²) in [6.45, 7) is 2.97. The quantitative estimate of drug-likeness (QED) is 0.879. The zero-order chi connectivity index (χ0) is 14.0. The lowest BCUT2D eigenvalue weighted by Crippen LogP contribution is -2.52. The standard InChI is InChI=1S/C11H15BrClN3O2S/c1-15-4-6-16(7-5-15)14-19(17,18)11-3-2-9(12)8-10(11)13/h2-3,8,14H,4-7H2,1H3. The average molecular weight is 369 g/mol. The largest absolute Gasteiger partial charge is 0.304 e. The SMILES string of the molecule is CN1CCN(NS(=O)(=O)c2ccc(Br)cc2Cl)CC1. The Labute approximate surface area is 126 Å². The second kappa shape index (κ2) is 6.07. The number of nitrogens with zero attached hydrogens (tertiary/aromatic N) is 2. The Morgan fingerprint density at radius 2 is 1.89 bits per heavy atom. The highest BCUT2D eigenvalue weighted by atomic mass is 79.9. The molecule has 1 aromatic rings. The lowest BCUT2D eigenvalue weighted by molar-refractivity contribution is 0.135. The van der Waals surface area contributed by atoms with Crippen molar-refractivity contribution >= 4 is 37.6 Å². The molecule has 8 heteroatoms. The highest BCUT2D eigenvalue weighted by Gasteiger charge is 2.23. The third-order valence-corrected chi connectivity index (χ3v) is 5.29. The van der Waals surface area contributed by atoms with Gasteiger partial charge in [-0.2, -0.15) is 0 Å². The van der Waals surface area contributed by atoms with E-state index < -0.39 is 10.0 Å². The van der Waals surface area contributed by atoms with Crippen LogP contribution in [0.25, 0.3) is 0 Å². The molecule has 1 fully saturated rings. The van der Waals surface area contributed by atoms with Crippen molar-refractivity contribution in [3.05, 3.63) is 27.7 Å². The summed E-state index contributed by atoms with van der Waals surface area (Å²) in [6.07, 6.45) is 0. The van der Waals surface area contributed by atoms with Gasteiger partial charge in [0.2, 0.25) is 0 Å². The van der Waals surface area contributed by atoms with Gasteiger partial charge in [-0.15, -0.1) is 4.83 Å². The van der Waals surface area contributed by atoms with Crippen LogP contribution in [0.4, 0.5) is 0 Å². The average Bonchev–Trinajstić information content (AvgIpc) is 2.31. The molecule has 0 aliphatic carbocycles. The van der Waals surface area contributed by atoms with E-state index in [1.807, 2.05) is 7.05 Å². The van der Waals surface area contributed by atoms with Crippen molar-refractivity contribution in [3.8, 4) is 0 Å². The number of hydrogen-bond acceptors (Lipinski definition) is 4. The van der Waals surface area contributed by atoms with Crippen molar-refractivity contribution in [3.63, 3.8) is 0 Å². The van der Waals surface area contributed by atoms with Crippen LogP contribution in [0.5, 0.6) is 0 Å². The number of hydrogen-bond donors (Lipinski definition) is 1. The Kier molecular flexibility index (Phi) is 4.86. The molecule has 5 nitrogen and oxygen atoms in total. The third kappa shape index (κ3) is 3.90. The minimum Gasteiger partial charge on any atom is -0.304 e. The van der Waals surface area contributed by atoms with Gasteiger partial charge in [0.1, 0.15) is 4.90 Å². The number of piperazine rings is 1. The minimum absolute atomic E-state index is 0.0938. The molecular weight excluding hydrogens is 354 g/mol. The number of hydrazine groups is 1. The molecule has 1 saturated heterocycles. The van der Waals surface area contributed by atoms with Crippen LogP contribution >= 0.6 is 27.5 Å². The molecule has 0 spiro atoms. The summed E-state index contributed by atoms with van der Waals surface area (Å²) in [5, 5.41) is 1.91. The summed E-state index contributed by atoms with van der Waals surface area (Å²) < 4.78 is 25.2. The molecule has 0 unspecified atom stereocenters. The van der Waals surface area contributed by atoms with Gasteiger partial charge in [0.15, 0.2) is 0 Å². The molecule has 106 valence electrons. The first-order chi connectivity index (χ1) is 8.88. The van der Waals surface area contributed by atoms with Crippen molar-refractivity contribution in [2.45, 2.75) is 4.90 Å².